The first-order valence-corrected chi connectivity index (χ1v) is 8.33. The van der Waals surface area contributed by atoms with Crippen molar-refractivity contribution < 1.29 is 4.79 Å². The van der Waals surface area contributed by atoms with Gasteiger partial charge in [0.2, 0.25) is 0 Å². The van der Waals surface area contributed by atoms with Crippen molar-refractivity contribution in [2.24, 2.45) is 0 Å². The minimum atomic E-state index is -0.261. The summed E-state index contributed by atoms with van der Waals surface area (Å²) < 4.78 is 0.938. The number of carbonyl (C=O) groups is 1. The quantitative estimate of drug-likeness (QED) is 0.606. The van der Waals surface area contributed by atoms with E-state index in [0.29, 0.717) is 22.1 Å². The van der Waals surface area contributed by atoms with Gasteiger partial charge in [-0.3, -0.25) is 4.79 Å². The third kappa shape index (κ3) is 4.13. The van der Waals surface area contributed by atoms with E-state index in [1.54, 1.807) is 42.6 Å². The zero-order valence-electron chi connectivity index (χ0n) is 12.5. The highest BCUT2D eigenvalue weighted by molar-refractivity contribution is 9.10. The van der Waals surface area contributed by atoms with Crippen LogP contribution in [0.25, 0.3) is 0 Å². The van der Waals surface area contributed by atoms with Gasteiger partial charge < -0.3 is 10.6 Å². The van der Waals surface area contributed by atoms with Gasteiger partial charge >= 0.3 is 0 Å². The molecule has 1 heterocycles. The molecule has 2 aromatic carbocycles. The van der Waals surface area contributed by atoms with Gasteiger partial charge in [0.15, 0.2) is 0 Å². The van der Waals surface area contributed by atoms with E-state index in [2.05, 4.69) is 31.5 Å². The predicted octanol–water partition coefficient (Wildman–Crippen LogP) is 5.49. The number of amides is 1. The van der Waals surface area contributed by atoms with Crippen LogP contribution in [0.1, 0.15) is 10.4 Å². The standard InChI is InChI=1S/C18H13BrClN3O/c19-12-4-1-6-14(10-12)22-17-16(8-3-9-21-17)18(24)23-15-7-2-5-13(20)11-15/h1-11H,(H,21,22)(H,23,24). The fraction of sp³-hybridized carbons (Fsp3) is 0. The van der Waals surface area contributed by atoms with Gasteiger partial charge in [-0.05, 0) is 48.5 Å². The minimum absolute atomic E-state index is 0.261. The van der Waals surface area contributed by atoms with Gasteiger partial charge in [0, 0.05) is 27.1 Å². The third-order valence-electron chi connectivity index (χ3n) is 3.22. The van der Waals surface area contributed by atoms with Crippen molar-refractivity contribution in [2.45, 2.75) is 0 Å². The Morgan fingerprint density at radius 3 is 2.58 bits per heavy atom. The molecule has 0 radical (unpaired) electrons. The van der Waals surface area contributed by atoms with Crippen molar-refractivity contribution in [3.8, 4) is 0 Å². The van der Waals surface area contributed by atoms with Crippen LogP contribution >= 0.6 is 27.5 Å². The zero-order chi connectivity index (χ0) is 16.9. The molecule has 0 atom stereocenters. The Morgan fingerprint density at radius 2 is 1.79 bits per heavy atom. The summed E-state index contributed by atoms with van der Waals surface area (Å²) >= 11 is 9.37. The number of aromatic nitrogens is 1. The molecule has 0 unspecified atom stereocenters. The van der Waals surface area contributed by atoms with E-state index >= 15 is 0 Å². The van der Waals surface area contributed by atoms with Crippen molar-refractivity contribution >= 4 is 50.6 Å². The molecule has 0 bridgehead atoms. The van der Waals surface area contributed by atoms with Crippen LogP contribution in [0.5, 0.6) is 0 Å². The maximum absolute atomic E-state index is 12.6. The predicted molar refractivity (Wildman–Crippen MR) is 101 cm³/mol. The topological polar surface area (TPSA) is 54.0 Å². The smallest absolute Gasteiger partial charge is 0.259 e. The molecule has 0 aliphatic rings. The van der Waals surface area contributed by atoms with Crippen LogP contribution in [0.4, 0.5) is 17.2 Å². The van der Waals surface area contributed by atoms with Gasteiger partial charge in [-0.2, -0.15) is 0 Å². The summed E-state index contributed by atoms with van der Waals surface area (Å²) in [4.78, 5) is 16.8. The van der Waals surface area contributed by atoms with E-state index in [1.165, 1.54) is 0 Å². The second kappa shape index (κ2) is 7.47. The van der Waals surface area contributed by atoms with E-state index < -0.39 is 0 Å². The van der Waals surface area contributed by atoms with Crippen molar-refractivity contribution in [1.82, 2.24) is 4.98 Å². The van der Waals surface area contributed by atoms with Gasteiger partial charge in [-0.25, -0.2) is 4.98 Å². The zero-order valence-corrected chi connectivity index (χ0v) is 14.8. The highest BCUT2D eigenvalue weighted by Crippen LogP contribution is 2.23. The van der Waals surface area contributed by atoms with Crippen LogP contribution in [-0.2, 0) is 0 Å². The molecule has 6 heteroatoms. The molecule has 2 N–H and O–H groups in total. The first kappa shape index (κ1) is 16.5. The molecule has 4 nitrogen and oxygen atoms in total. The molecule has 0 aliphatic carbocycles. The average molecular weight is 403 g/mol. The van der Waals surface area contributed by atoms with E-state index in [1.807, 2.05) is 24.3 Å². The number of anilines is 3. The second-order valence-corrected chi connectivity index (χ2v) is 6.35. The SMILES string of the molecule is O=C(Nc1cccc(Cl)c1)c1cccnc1Nc1cccc(Br)c1. The highest BCUT2D eigenvalue weighted by atomic mass is 79.9. The third-order valence-corrected chi connectivity index (χ3v) is 3.95. The van der Waals surface area contributed by atoms with Gasteiger partial charge in [-0.15, -0.1) is 0 Å². The number of pyridine rings is 1. The van der Waals surface area contributed by atoms with Gasteiger partial charge in [-0.1, -0.05) is 39.7 Å². The summed E-state index contributed by atoms with van der Waals surface area (Å²) in [7, 11) is 0. The summed E-state index contributed by atoms with van der Waals surface area (Å²) in [5, 5.41) is 6.55. The Morgan fingerprint density at radius 1 is 1.00 bits per heavy atom. The lowest BCUT2D eigenvalue weighted by molar-refractivity contribution is 0.102. The molecular weight excluding hydrogens is 390 g/mol. The van der Waals surface area contributed by atoms with Gasteiger partial charge in [0.05, 0.1) is 5.56 Å². The van der Waals surface area contributed by atoms with Crippen LogP contribution in [0, 0.1) is 0 Å². The molecule has 3 aromatic rings. The molecule has 24 heavy (non-hydrogen) atoms. The van der Waals surface area contributed by atoms with Crippen LogP contribution in [0.3, 0.4) is 0 Å². The maximum atomic E-state index is 12.6. The molecule has 1 aromatic heterocycles. The average Bonchev–Trinajstić information content (AvgIpc) is 2.55. The first-order valence-electron chi connectivity index (χ1n) is 7.16. The van der Waals surface area contributed by atoms with Crippen LogP contribution in [0.2, 0.25) is 5.02 Å². The minimum Gasteiger partial charge on any atom is -0.340 e. The van der Waals surface area contributed by atoms with Crippen molar-refractivity contribution in [3.05, 3.63) is 81.9 Å². The number of benzene rings is 2. The lowest BCUT2D eigenvalue weighted by atomic mass is 10.2. The summed E-state index contributed by atoms with van der Waals surface area (Å²) in [6.45, 7) is 0. The summed E-state index contributed by atoms with van der Waals surface area (Å²) in [6, 6.07) is 18.1. The highest BCUT2D eigenvalue weighted by Gasteiger charge is 2.13. The van der Waals surface area contributed by atoms with Crippen molar-refractivity contribution in [2.75, 3.05) is 10.6 Å². The molecule has 1 amide bonds. The largest absolute Gasteiger partial charge is 0.340 e. The van der Waals surface area contributed by atoms with E-state index in [4.69, 9.17) is 11.6 Å². The number of nitrogens with zero attached hydrogens (tertiary/aromatic N) is 1. The molecule has 3 rings (SSSR count). The number of hydrogen-bond donors (Lipinski definition) is 2. The number of rotatable bonds is 4. The van der Waals surface area contributed by atoms with Crippen molar-refractivity contribution in [3.63, 3.8) is 0 Å². The molecule has 0 fully saturated rings. The fourth-order valence-electron chi connectivity index (χ4n) is 2.16. The molecule has 0 saturated heterocycles. The van der Waals surface area contributed by atoms with E-state index in [-0.39, 0.29) is 5.91 Å². The van der Waals surface area contributed by atoms with Crippen LogP contribution in [0.15, 0.2) is 71.3 Å². The first-order chi connectivity index (χ1) is 11.6. The Balaban J connectivity index is 1.84. The number of carbonyl (C=O) groups excluding carboxylic acids is 1. The fourth-order valence-corrected chi connectivity index (χ4v) is 2.75. The lowest BCUT2D eigenvalue weighted by Crippen LogP contribution is -2.14. The Labute approximate surface area is 153 Å². The number of hydrogen-bond acceptors (Lipinski definition) is 3. The lowest BCUT2D eigenvalue weighted by Gasteiger charge is -2.11. The molecule has 120 valence electrons. The Hall–Kier alpha value is -2.37. The van der Waals surface area contributed by atoms with E-state index in [9.17, 15) is 4.79 Å². The molecule has 0 aliphatic heterocycles. The number of nitrogens with one attached hydrogen (secondary N) is 2. The van der Waals surface area contributed by atoms with E-state index in [0.717, 1.165) is 10.2 Å². The number of halogens is 2. The molecular formula is C18H13BrClN3O. The molecule has 0 saturated carbocycles. The van der Waals surface area contributed by atoms with Crippen molar-refractivity contribution in [1.29, 1.82) is 0 Å². The second-order valence-electron chi connectivity index (χ2n) is 5.00. The van der Waals surface area contributed by atoms with Crippen LogP contribution in [-0.4, -0.2) is 10.9 Å². The Kier molecular flexibility index (Phi) is 5.13. The van der Waals surface area contributed by atoms with Gasteiger partial charge in [0.1, 0.15) is 5.82 Å². The molecule has 0 spiro atoms. The van der Waals surface area contributed by atoms with Gasteiger partial charge in [0.25, 0.3) is 5.91 Å². The summed E-state index contributed by atoms with van der Waals surface area (Å²) in [5.74, 6) is 0.220. The maximum Gasteiger partial charge on any atom is 0.259 e. The van der Waals surface area contributed by atoms with Crippen LogP contribution < -0.4 is 10.6 Å². The monoisotopic (exact) mass is 401 g/mol. The normalized spacial score (nSPS) is 10.2. The Bertz CT molecular complexity index is 885. The summed E-state index contributed by atoms with van der Waals surface area (Å²) in [6.07, 6.45) is 1.64. The summed E-state index contributed by atoms with van der Waals surface area (Å²) in [5.41, 5.74) is 1.90.